The summed E-state index contributed by atoms with van der Waals surface area (Å²) in [6.07, 6.45) is 5.65. The molecule has 0 bridgehead atoms. The molecule has 3 nitrogen and oxygen atoms in total. The van der Waals surface area contributed by atoms with E-state index in [0.29, 0.717) is 6.61 Å². The number of nitrogens with one attached hydrogen (secondary N) is 1. The number of esters is 1. The van der Waals surface area contributed by atoms with Crippen molar-refractivity contribution in [2.24, 2.45) is 5.92 Å². The van der Waals surface area contributed by atoms with E-state index in [4.69, 9.17) is 4.74 Å². The number of hydrogen-bond acceptors (Lipinski definition) is 3. The Morgan fingerprint density at radius 2 is 2.43 bits per heavy atom. The van der Waals surface area contributed by atoms with E-state index in [1.54, 1.807) is 0 Å². The third-order valence-electron chi connectivity index (χ3n) is 3.56. The van der Waals surface area contributed by atoms with Crippen LogP contribution in [0, 0.1) is 5.92 Å². The first kappa shape index (κ1) is 9.97. The highest BCUT2D eigenvalue weighted by atomic mass is 16.5. The van der Waals surface area contributed by atoms with E-state index in [9.17, 15) is 4.79 Å². The Balaban J connectivity index is 1.90. The highest BCUT2D eigenvalue weighted by molar-refractivity contribution is 5.73. The van der Waals surface area contributed by atoms with E-state index in [0.717, 1.165) is 25.8 Å². The van der Waals surface area contributed by atoms with Gasteiger partial charge in [-0.1, -0.05) is 0 Å². The van der Waals surface area contributed by atoms with Gasteiger partial charge in [0.25, 0.3) is 0 Å². The molecule has 2 unspecified atom stereocenters. The van der Waals surface area contributed by atoms with Gasteiger partial charge in [-0.05, 0) is 45.6 Å². The fourth-order valence-corrected chi connectivity index (χ4v) is 2.84. The van der Waals surface area contributed by atoms with E-state index < -0.39 is 0 Å². The maximum absolute atomic E-state index is 11.5. The third kappa shape index (κ3) is 1.78. The number of rotatable bonds is 2. The number of hydrogen-bond donors (Lipinski definition) is 1. The molecule has 14 heavy (non-hydrogen) atoms. The van der Waals surface area contributed by atoms with Crippen LogP contribution in [0.4, 0.5) is 0 Å². The molecule has 1 N–H and O–H groups in total. The first-order valence-electron chi connectivity index (χ1n) is 5.67. The van der Waals surface area contributed by atoms with Crippen molar-refractivity contribution in [2.45, 2.75) is 44.6 Å². The fourth-order valence-electron chi connectivity index (χ4n) is 2.84. The highest BCUT2D eigenvalue weighted by Gasteiger charge is 2.43. The average molecular weight is 197 g/mol. The van der Waals surface area contributed by atoms with E-state index in [1.165, 1.54) is 12.8 Å². The third-order valence-corrected chi connectivity index (χ3v) is 3.56. The van der Waals surface area contributed by atoms with Crippen LogP contribution >= 0.6 is 0 Å². The second-order valence-corrected chi connectivity index (χ2v) is 4.50. The molecule has 80 valence electrons. The molecule has 0 amide bonds. The molecular weight excluding hydrogens is 178 g/mol. The van der Waals surface area contributed by atoms with Crippen LogP contribution in [0.3, 0.4) is 0 Å². The summed E-state index contributed by atoms with van der Waals surface area (Å²) in [6.45, 7) is 3.50. The molecule has 2 aliphatic rings. The molecule has 2 rings (SSSR count). The van der Waals surface area contributed by atoms with Gasteiger partial charge in [0, 0.05) is 5.54 Å². The maximum atomic E-state index is 11.5. The van der Waals surface area contributed by atoms with Gasteiger partial charge in [-0.15, -0.1) is 0 Å². The van der Waals surface area contributed by atoms with Gasteiger partial charge < -0.3 is 10.1 Å². The summed E-state index contributed by atoms with van der Waals surface area (Å²) in [5.74, 6) is 0.165. The molecule has 0 aromatic heterocycles. The van der Waals surface area contributed by atoms with Crippen LogP contribution in [-0.4, -0.2) is 24.7 Å². The van der Waals surface area contributed by atoms with E-state index in [1.807, 2.05) is 6.92 Å². The molecule has 1 saturated heterocycles. The molecule has 2 atom stereocenters. The van der Waals surface area contributed by atoms with E-state index in [-0.39, 0.29) is 17.4 Å². The Hall–Kier alpha value is -0.570. The SMILES string of the molecule is CCOC(=O)C1CCC2(CCCN2)C1. The van der Waals surface area contributed by atoms with Crippen LogP contribution in [0.2, 0.25) is 0 Å². The molecule has 0 radical (unpaired) electrons. The van der Waals surface area contributed by atoms with Gasteiger partial charge in [0.15, 0.2) is 0 Å². The molecule has 1 spiro atoms. The molecule has 1 aliphatic heterocycles. The van der Waals surface area contributed by atoms with Gasteiger partial charge in [-0.2, -0.15) is 0 Å². The largest absolute Gasteiger partial charge is 0.466 e. The van der Waals surface area contributed by atoms with E-state index in [2.05, 4.69) is 5.32 Å². The van der Waals surface area contributed by atoms with Crippen molar-refractivity contribution in [2.75, 3.05) is 13.2 Å². The van der Waals surface area contributed by atoms with Crippen molar-refractivity contribution in [1.82, 2.24) is 5.32 Å². The Morgan fingerprint density at radius 1 is 1.57 bits per heavy atom. The lowest BCUT2D eigenvalue weighted by Gasteiger charge is -2.23. The van der Waals surface area contributed by atoms with Crippen molar-refractivity contribution in [1.29, 1.82) is 0 Å². The van der Waals surface area contributed by atoms with Gasteiger partial charge in [-0.3, -0.25) is 4.79 Å². The first-order valence-corrected chi connectivity index (χ1v) is 5.67. The molecule has 0 aromatic carbocycles. The Labute approximate surface area is 85.2 Å². The highest BCUT2D eigenvalue weighted by Crippen LogP contribution is 2.40. The van der Waals surface area contributed by atoms with Crippen LogP contribution in [0.5, 0.6) is 0 Å². The summed E-state index contributed by atoms with van der Waals surface area (Å²) >= 11 is 0. The smallest absolute Gasteiger partial charge is 0.308 e. The molecular formula is C11H19NO2. The predicted molar refractivity (Wildman–Crippen MR) is 53.9 cm³/mol. The number of carbonyl (C=O) groups excluding carboxylic acids is 1. The quantitative estimate of drug-likeness (QED) is 0.681. The summed E-state index contributed by atoms with van der Waals surface area (Å²) in [7, 11) is 0. The first-order chi connectivity index (χ1) is 6.76. The second kappa shape index (κ2) is 3.89. The molecule has 1 aliphatic carbocycles. The predicted octanol–water partition coefficient (Wildman–Crippen LogP) is 1.47. The van der Waals surface area contributed by atoms with Gasteiger partial charge in [0.1, 0.15) is 0 Å². The van der Waals surface area contributed by atoms with Crippen molar-refractivity contribution >= 4 is 5.97 Å². The number of carbonyl (C=O) groups is 1. The van der Waals surface area contributed by atoms with Crippen LogP contribution < -0.4 is 5.32 Å². The normalized spacial score (nSPS) is 36.5. The van der Waals surface area contributed by atoms with Gasteiger partial charge in [0.2, 0.25) is 0 Å². The van der Waals surface area contributed by atoms with Gasteiger partial charge in [0.05, 0.1) is 12.5 Å². The zero-order valence-electron chi connectivity index (χ0n) is 8.84. The zero-order chi connectivity index (χ0) is 10.0. The Morgan fingerprint density at radius 3 is 3.07 bits per heavy atom. The Kier molecular flexibility index (Phi) is 2.77. The minimum absolute atomic E-state index is 0.0121. The standard InChI is InChI=1S/C11H19NO2/c1-2-14-10(13)9-4-6-11(8-9)5-3-7-12-11/h9,12H,2-8H2,1H3. The molecule has 3 heteroatoms. The second-order valence-electron chi connectivity index (χ2n) is 4.50. The lowest BCUT2D eigenvalue weighted by Crippen LogP contribution is -2.37. The van der Waals surface area contributed by atoms with Crippen molar-refractivity contribution < 1.29 is 9.53 Å². The number of ether oxygens (including phenoxy) is 1. The topological polar surface area (TPSA) is 38.3 Å². The minimum Gasteiger partial charge on any atom is -0.466 e. The zero-order valence-corrected chi connectivity index (χ0v) is 8.84. The lowest BCUT2D eigenvalue weighted by molar-refractivity contribution is -0.147. The summed E-state index contributed by atoms with van der Waals surface area (Å²) in [5.41, 5.74) is 0.289. The Bertz CT molecular complexity index is 221. The van der Waals surface area contributed by atoms with E-state index >= 15 is 0 Å². The monoisotopic (exact) mass is 197 g/mol. The summed E-state index contributed by atoms with van der Waals surface area (Å²) in [5, 5.41) is 3.55. The summed E-state index contributed by atoms with van der Waals surface area (Å²) < 4.78 is 5.06. The average Bonchev–Trinajstić information content (AvgIpc) is 2.78. The van der Waals surface area contributed by atoms with Crippen LogP contribution in [-0.2, 0) is 9.53 Å². The van der Waals surface area contributed by atoms with Gasteiger partial charge in [-0.25, -0.2) is 0 Å². The summed E-state index contributed by atoms with van der Waals surface area (Å²) in [6, 6.07) is 0. The molecule has 0 aromatic rings. The van der Waals surface area contributed by atoms with Crippen LogP contribution in [0.25, 0.3) is 0 Å². The summed E-state index contributed by atoms with van der Waals surface area (Å²) in [4.78, 5) is 11.5. The molecule has 1 heterocycles. The van der Waals surface area contributed by atoms with Crippen molar-refractivity contribution in [3.05, 3.63) is 0 Å². The maximum Gasteiger partial charge on any atom is 0.308 e. The lowest BCUT2D eigenvalue weighted by atomic mass is 9.94. The van der Waals surface area contributed by atoms with Crippen molar-refractivity contribution in [3.63, 3.8) is 0 Å². The van der Waals surface area contributed by atoms with Crippen molar-refractivity contribution in [3.8, 4) is 0 Å². The minimum atomic E-state index is 0.0121. The van der Waals surface area contributed by atoms with Crippen LogP contribution in [0.1, 0.15) is 39.0 Å². The molecule has 1 saturated carbocycles. The van der Waals surface area contributed by atoms with Crippen LogP contribution in [0.15, 0.2) is 0 Å². The fraction of sp³-hybridized carbons (Fsp3) is 0.909. The molecule has 2 fully saturated rings. The van der Waals surface area contributed by atoms with Gasteiger partial charge >= 0.3 is 5.97 Å².